The normalized spacial score (nSPS) is 25.6. The van der Waals surface area contributed by atoms with Crippen LogP contribution in [0.2, 0.25) is 0 Å². The molecule has 16 heavy (non-hydrogen) atoms. The van der Waals surface area contributed by atoms with Gasteiger partial charge in [0.2, 0.25) is 0 Å². The summed E-state index contributed by atoms with van der Waals surface area (Å²) in [6, 6.07) is -0.374. The molecule has 3 heteroatoms. The van der Waals surface area contributed by atoms with E-state index in [1.807, 2.05) is 0 Å². The number of nitrogens with two attached hydrogens (primary N) is 1. The first-order chi connectivity index (χ1) is 7.77. The highest BCUT2D eigenvalue weighted by Gasteiger charge is 2.29. The third kappa shape index (κ3) is 2.97. The number of ether oxygens (including phenoxy) is 1. The maximum atomic E-state index is 11.9. The highest BCUT2D eigenvalue weighted by atomic mass is 16.5. The molecule has 3 nitrogen and oxygen atoms in total. The topological polar surface area (TPSA) is 52.3 Å². The van der Waals surface area contributed by atoms with E-state index in [-0.39, 0.29) is 18.1 Å². The molecule has 0 radical (unpaired) electrons. The molecule has 2 saturated carbocycles. The van der Waals surface area contributed by atoms with Crippen molar-refractivity contribution in [2.75, 3.05) is 0 Å². The van der Waals surface area contributed by atoms with Crippen LogP contribution in [-0.2, 0) is 9.53 Å². The van der Waals surface area contributed by atoms with Gasteiger partial charge in [0.15, 0.2) is 0 Å². The van der Waals surface area contributed by atoms with Gasteiger partial charge in [-0.3, -0.25) is 4.79 Å². The first-order valence-corrected chi connectivity index (χ1v) is 6.73. The molecule has 0 aromatic rings. The smallest absolute Gasteiger partial charge is 0.323 e. The molecule has 0 aromatic heterocycles. The van der Waals surface area contributed by atoms with Gasteiger partial charge in [-0.25, -0.2) is 0 Å². The number of hydrogen-bond donors (Lipinski definition) is 1. The second-order valence-corrected chi connectivity index (χ2v) is 5.27. The summed E-state index contributed by atoms with van der Waals surface area (Å²) in [5.74, 6) is 0.210. The molecule has 2 fully saturated rings. The average molecular weight is 225 g/mol. The van der Waals surface area contributed by atoms with Gasteiger partial charge in [-0.05, 0) is 44.4 Å². The molecule has 0 aromatic carbocycles. The number of hydrogen-bond acceptors (Lipinski definition) is 3. The molecule has 92 valence electrons. The summed E-state index contributed by atoms with van der Waals surface area (Å²) in [4.78, 5) is 11.9. The molecule has 2 aliphatic carbocycles. The van der Waals surface area contributed by atoms with Crippen molar-refractivity contribution in [2.24, 2.45) is 11.7 Å². The monoisotopic (exact) mass is 225 g/mol. The van der Waals surface area contributed by atoms with Crippen LogP contribution in [0.4, 0.5) is 0 Å². The highest BCUT2D eigenvalue weighted by molar-refractivity contribution is 5.76. The predicted molar refractivity (Wildman–Crippen MR) is 62.9 cm³/mol. The molecule has 0 spiro atoms. The van der Waals surface area contributed by atoms with Crippen molar-refractivity contribution in [1.82, 2.24) is 0 Å². The van der Waals surface area contributed by atoms with Crippen LogP contribution in [-0.4, -0.2) is 18.1 Å². The molecule has 2 rings (SSSR count). The van der Waals surface area contributed by atoms with Crippen LogP contribution in [0.15, 0.2) is 0 Å². The molecule has 2 N–H and O–H groups in total. The van der Waals surface area contributed by atoms with Crippen LogP contribution in [0.5, 0.6) is 0 Å². The summed E-state index contributed by atoms with van der Waals surface area (Å²) in [6.45, 7) is 0. The number of rotatable bonds is 3. The van der Waals surface area contributed by atoms with Crippen molar-refractivity contribution in [3.05, 3.63) is 0 Å². The number of carbonyl (C=O) groups is 1. The molecular weight excluding hydrogens is 202 g/mol. The Hall–Kier alpha value is -0.570. The highest BCUT2D eigenvalue weighted by Crippen LogP contribution is 2.27. The van der Waals surface area contributed by atoms with Crippen LogP contribution in [0, 0.1) is 5.92 Å². The number of esters is 1. The van der Waals surface area contributed by atoms with Gasteiger partial charge in [0.05, 0.1) is 0 Å². The van der Waals surface area contributed by atoms with Gasteiger partial charge < -0.3 is 10.5 Å². The second kappa shape index (κ2) is 5.67. The van der Waals surface area contributed by atoms with Gasteiger partial charge in [-0.2, -0.15) is 0 Å². The fraction of sp³-hybridized carbons (Fsp3) is 0.923. The van der Waals surface area contributed by atoms with Gasteiger partial charge in [-0.15, -0.1) is 0 Å². The van der Waals surface area contributed by atoms with Crippen LogP contribution in [0.3, 0.4) is 0 Å². The summed E-state index contributed by atoms with van der Waals surface area (Å²) in [7, 11) is 0. The van der Waals surface area contributed by atoms with Gasteiger partial charge in [-0.1, -0.05) is 19.3 Å². The largest absolute Gasteiger partial charge is 0.461 e. The lowest BCUT2D eigenvalue weighted by atomic mass is 9.84. The second-order valence-electron chi connectivity index (χ2n) is 5.27. The Balaban J connectivity index is 1.78. The zero-order valence-corrected chi connectivity index (χ0v) is 9.99. The van der Waals surface area contributed by atoms with Crippen molar-refractivity contribution in [3.8, 4) is 0 Å². The van der Waals surface area contributed by atoms with E-state index in [0.717, 1.165) is 25.7 Å². The Kier molecular flexibility index (Phi) is 4.22. The van der Waals surface area contributed by atoms with E-state index in [9.17, 15) is 4.79 Å². The lowest BCUT2D eigenvalue weighted by Gasteiger charge is -2.26. The maximum absolute atomic E-state index is 11.9. The Labute approximate surface area is 97.7 Å². The fourth-order valence-electron chi connectivity index (χ4n) is 2.93. The zero-order valence-electron chi connectivity index (χ0n) is 9.99. The first-order valence-electron chi connectivity index (χ1n) is 6.73. The minimum Gasteiger partial charge on any atom is -0.461 e. The zero-order chi connectivity index (χ0) is 11.4. The van der Waals surface area contributed by atoms with Crippen molar-refractivity contribution < 1.29 is 9.53 Å². The van der Waals surface area contributed by atoms with Gasteiger partial charge in [0.25, 0.3) is 0 Å². The van der Waals surface area contributed by atoms with Crippen molar-refractivity contribution in [1.29, 1.82) is 0 Å². The van der Waals surface area contributed by atoms with E-state index in [0.29, 0.717) is 5.92 Å². The number of carbonyl (C=O) groups excluding carboxylic acids is 1. The van der Waals surface area contributed by atoms with E-state index in [1.54, 1.807) is 0 Å². The molecule has 0 heterocycles. The lowest BCUT2D eigenvalue weighted by molar-refractivity contribution is -0.152. The van der Waals surface area contributed by atoms with Crippen molar-refractivity contribution >= 4 is 5.97 Å². The molecule has 0 amide bonds. The Morgan fingerprint density at radius 1 is 1.00 bits per heavy atom. The van der Waals surface area contributed by atoms with Gasteiger partial charge in [0, 0.05) is 0 Å². The van der Waals surface area contributed by atoms with Crippen molar-refractivity contribution in [2.45, 2.75) is 69.9 Å². The van der Waals surface area contributed by atoms with E-state index in [4.69, 9.17) is 10.5 Å². The summed E-state index contributed by atoms with van der Waals surface area (Å²) in [5, 5.41) is 0. The molecule has 0 saturated heterocycles. The molecular formula is C13H23NO2. The van der Waals surface area contributed by atoms with Gasteiger partial charge in [0.1, 0.15) is 12.1 Å². The molecule has 1 atom stereocenters. The third-order valence-electron chi connectivity index (χ3n) is 4.01. The standard InChI is InChI=1S/C13H23NO2/c14-12(10-6-2-1-3-7-10)13(15)16-11-8-4-5-9-11/h10-12H,1-9,14H2/t12-/m0/s1. The summed E-state index contributed by atoms with van der Waals surface area (Å²) < 4.78 is 5.46. The summed E-state index contributed by atoms with van der Waals surface area (Å²) in [5.41, 5.74) is 6.00. The van der Waals surface area contributed by atoms with E-state index in [1.165, 1.54) is 32.1 Å². The Bertz CT molecular complexity index is 230. The minimum absolute atomic E-state index is 0.154. The summed E-state index contributed by atoms with van der Waals surface area (Å²) >= 11 is 0. The van der Waals surface area contributed by atoms with Gasteiger partial charge >= 0.3 is 5.97 Å². The lowest BCUT2D eigenvalue weighted by Crippen LogP contribution is -2.41. The molecule has 2 aliphatic rings. The third-order valence-corrected chi connectivity index (χ3v) is 4.01. The van der Waals surface area contributed by atoms with E-state index < -0.39 is 0 Å². The quantitative estimate of drug-likeness (QED) is 0.750. The Morgan fingerprint density at radius 2 is 1.56 bits per heavy atom. The molecule has 0 aliphatic heterocycles. The maximum Gasteiger partial charge on any atom is 0.323 e. The minimum atomic E-state index is -0.374. The molecule has 0 unspecified atom stereocenters. The Morgan fingerprint density at radius 3 is 2.19 bits per heavy atom. The first kappa shape index (κ1) is 11.9. The SMILES string of the molecule is N[C@H](C(=O)OC1CCCC1)C1CCCCC1. The van der Waals surface area contributed by atoms with E-state index >= 15 is 0 Å². The van der Waals surface area contributed by atoms with Crippen LogP contribution < -0.4 is 5.73 Å². The van der Waals surface area contributed by atoms with E-state index in [2.05, 4.69) is 0 Å². The summed E-state index contributed by atoms with van der Waals surface area (Å²) in [6.07, 6.45) is 10.5. The van der Waals surface area contributed by atoms with Crippen molar-refractivity contribution in [3.63, 3.8) is 0 Å². The predicted octanol–water partition coefficient (Wildman–Crippen LogP) is 2.38. The fourth-order valence-corrected chi connectivity index (χ4v) is 2.93. The van der Waals surface area contributed by atoms with Crippen LogP contribution in [0.1, 0.15) is 57.8 Å². The molecule has 0 bridgehead atoms. The van der Waals surface area contributed by atoms with Crippen LogP contribution >= 0.6 is 0 Å². The average Bonchev–Trinajstić information content (AvgIpc) is 2.82. The van der Waals surface area contributed by atoms with Crippen LogP contribution in [0.25, 0.3) is 0 Å².